The molecule has 4 aromatic rings. The summed E-state index contributed by atoms with van der Waals surface area (Å²) in [6.45, 7) is 14.2. The largest absolute Gasteiger partial charge is 0.474 e. The summed E-state index contributed by atoms with van der Waals surface area (Å²) in [4.78, 5) is 34.0. The molecule has 0 bridgehead atoms. The van der Waals surface area contributed by atoms with Crippen molar-refractivity contribution in [3.63, 3.8) is 0 Å². The Morgan fingerprint density at radius 2 is 1.19 bits per heavy atom. The fraction of sp³-hybridized carbons (Fsp3) is 0.629. The van der Waals surface area contributed by atoms with Crippen LogP contribution in [-0.4, -0.2) is 49.8 Å². The maximum atomic E-state index is 12.0. The molecule has 0 aliphatic heterocycles. The highest BCUT2D eigenvalue weighted by atomic mass is 35.5. The van der Waals surface area contributed by atoms with Crippen LogP contribution in [0.4, 0.5) is 0 Å². The van der Waals surface area contributed by atoms with Gasteiger partial charge < -0.3 is 19.9 Å². The van der Waals surface area contributed by atoms with Gasteiger partial charge in [-0.25, -0.2) is 19.9 Å². The van der Waals surface area contributed by atoms with Crippen LogP contribution in [0, 0.1) is 33.6 Å². The minimum Gasteiger partial charge on any atom is -0.474 e. The molecular formula is C35H52ClN5O4S2. The zero-order valence-electron chi connectivity index (χ0n) is 28.1. The van der Waals surface area contributed by atoms with E-state index in [9.17, 15) is 4.79 Å². The van der Waals surface area contributed by atoms with Crippen LogP contribution in [0.3, 0.4) is 0 Å². The van der Waals surface area contributed by atoms with Crippen molar-refractivity contribution in [1.29, 1.82) is 0 Å². The van der Waals surface area contributed by atoms with Gasteiger partial charge in [-0.15, -0.1) is 35.1 Å². The summed E-state index contributed by atoms with van der Waals surface area (Å²) in [6, 6.07) is 0.343. The van der Waals surface area contributed by atoms with Gasteiger partial charge in [0, 0.05) is 22.2 Å². The van der Waals surface area contributed by atoms with Gasteiger partial charge in [0.25, 0.3) is 0 Å². The minimum absolute atomic E-state index is 0. The zero-order chi connectivity index (χ0) is 32.3. The number of nitrogens with two attached hydrogens (primary N) is 1. The van der Waals surface area contributed by atoms with Gasteiger partial charge in [0.1, 0.15) is 40.1 Å². The van der Waals surface area contributed by atoms with E-state index in [-0.39, 0.29) is 38.0 Å². The highest BCUT2D eigenvalue weighted by molar-refractivity contribution is 7.19. The Morgan fingerprint density at radius 1 is 0.766 bits per heavy atom. The lowest BCUT2D eigenvalue weighted by atomic mass is 9.85. The number of fused-ring (bicyclic) bond motifs is 2. The van der Waals surface area contributed by atoms with E-state index in [1.165, 1.54) is 20.9 Å². The molecular weight excluding hydrogens is 654 g/mol. The second-order valence-electron chi connectivity index (χ2n) is 13.5. The van der Waals surface area contributed by atoms with Crippen LogP contribution in [-0.2, 0) is 9.53 Å². The van der Waals surface area contributed by atoms with Gasteiger partial charge in [0.05, 0.1) is 10.8 Å². The number of thiophene rings is 2. The van der Waals surface area contributed by atoms with Gasteiger partial charge in [-0.05, 0) is 117 Å². The first kappa shape index (κ1) is 38.8. The number of carbonyl (C=O) groups excluding carboxylic acids is 1. The quantitative estimate of drug-likeness (QED) is 0.196. The Labute approximate surface area is 293 Å². The molecule has 0 atom stereocenters. The molecule has 2 saturated carbocycles. The van der Waals surface area contributed by atoms with Crippen molar-refractivity contribution < 1.29 is 19.0 Å². The number of ether oxygens (including phenoxy) is 3. The van der Waals surface area contributed by atoms with Crippen molar-refractivity contribution in [2.24, 2.45) is 11.7 Å². The van der Waals surface area contributed by atoms with Crippen molar-refractivity contribution in [3.8, 4) is 11.8 Å². The fourth-order valence-electron chi connectivity index (χ4n) is 6.07. The molecule has 0 spiro atoms. The third kappa shape index (κ3) is 9.96. The molecule has 0 unspecified atom stereocenters. The smallest absolute Gasteiger partial charge is 0.306 e. The van der Waals surface area contributed by atoms with Crippen LogP contribution in [0.5, 0.6) is 11.8 Å². The van der Waals surface area contributed by atoms with Gasteiger partial charge in [0.2, 0.25) is 11.8 Å². The predicted octanol–water partition coefficient (Wildman–Crippen LogP) is 8.99. The molecule has 2 N–H and O–H groups in total. The lowest BCUT2D eigenvalue weighted by molar-refractivity contribution is -0.156. The van der Waals surface area contributed by atoms with Gasteiger partial charge >= 0.3 is 5.97 Å². The van der Waals surface area contributed by atoms with Gasteiger partial charge in [0.15, 0.2) is 0 Å². The Hall–Kier alpha value is -2.60. The first-order chi connectivity index (χ1) is 21.4. The summed E-state index contributed by atoms with van der Waals surface area (Å²) in [5.41, 5.74) is 7.97. The number of hydrogen-bond acceptors (Lipinski definition) is 11. The molecule has 4 heterocycles. The van der Waals surface area contributed by atoms with Crippen LogP contribution < -0.4 is 15.2 Å². The Balaban J connectivity index is 0.000000255. The highest BCUT2D eigenvalue weighted by Gasteiger charge is 2.28. The Morgan fingerprint density at radius 3 is 1.62 bits per heavy atom. The summed E-state index contributed by atoms with van der Waals surface area (Å²) in [7, 11) is 0. The monoisotopic (exact) mass is 705 g/mol. The van der Waals surface area contributed by atoms with Crippen LogP contribution in [0.2, 0.25) is 0 Å². The summed E-state index contributed by atoms with van der Waals surface area (Å²) >= 11 is 3.39. The van der Waals surface area contributed by atoms with E-state index in [1.807, 2.05) is 20.8 Å². The summed E-state index contributed by atoms with van der Waals surface area (Å²) in [6.07, 6.45) is 12.1. The molecule has 2 aliphatic rings. The van der Waals surface area contributed by atoms with E-state index >= 15 is 0 Å². The Bertz CT molecular complexity index is 1620. The third-order valence-electron chi connectivity index (χ3n) is 8.81. The van der Waals surface area contributed by atoms with E-state index in [0.717, 1.165) is 77.7 Å². The summed E-state index contributed by atoms with van der Waals surface area (Å²) < 4.78 is 17.8. The molecule has 6 rings (SSSR count). The topological polar surface area (TPSA) is 122 Å². The van der Waals surface area contributed by atoms with E-state index < -0.39 is 5.60 Å². The molecule has 47 heavy (non-hydrogen) atoms. The minimum atomic E-state index is -0.410. The molecule has 0 amide bonds. The maximum absolute atomic E-state index is 12.0. The van der Waals surface area contributed by atoms with E-state index in [4.69, 9.17) is 19.9 Å². The average molecular weight is 706 g/mol. The van der Waals surface area contributed by atoms with Gasteiger partial charge in [-0.3, -0.25) is 4.79 Å². The number of carbonyl (C=O) groups is 1. The highest BCUT2D eigenvalue weighted by Crippen LogP contribution is 2.37. The molecule has 0 saturated heterocycles. The summed E-state index contributed by atoms with van der Waals surface area (Å²) in [5, 5.41) is 2.13. The second-order valence-corrected chi connectivity index (χ2v) is 15.9. The molecule has 260 valence electrons. The van der Waals surface area contributed by atoms with Crippen LogP contribution in [0.15, 0.2) is 12.7 Å². The number of aromatic nitrogens is 4. The number of nitrogens with zero attached hydrogens (tertiary/aromatic N) is 4. The summed E-state index contributed by atoms with van der Waals surface area (Å²) in [5.74, 6) is 1.74. The standard InChI is InChI=1S/C20H28N2O3S.C14H19N3OS.CH4.ClH/c1-12-13(2)26-19-17(12)18(21-11-22-19)24-15-8-6-14(7-9-15)10-16(23)25-20(3,4)5;1-8-9(2)19-14-12(8)13(16-7-17-14)18-11-5-3-10(15)4-6-11;;/h11,14-15H,6-10H2,1-5H3;7,10-11H,3-6,15H2,1-2H3;1H4;1H. The van der Waals surface area contributed by atoms with E-state index in [1.54, 1.807) is 35.3 Å². The number of rotatable bonds is 6. The predicted molar refractivity (Wildman–Crippen MR) is 195 cm³/mol. The molecule has 0 aromatic carbocycles. The van der Waals surface area contributed by atoms with Gasteiger partial charge in [-0.2, -0.15) is 0 Å². The van der Waals surface area contributed by atoms with Crippen LogP contribution >= 0.6 is 35.1 Å². The number of esters is 1. The number of aryl methyl sites for hydroxylation is 4. The third-order valence-corrected chi connectivity index (χ3v) is 11.0. The van der Waals surface area contributed by atoms with E-state index in [0.29, 0.717) is 24.3 Å². The fourth-order valence-corrected chi connectivity index (χ4v) is 8.05. The normalized spacial score (nSPS) is 21.2. The van der Waals surface area contributed by atoms with Crippen molar-refractivity contribution in [2.45, 2.75) is 138 Å². The van der Waals surface area contributed by atoms with Crippen molar-refractivity contribution in [2.75, 3.05) is 0 Å². The van der Waals surface area contributed by atoms with Crippen LogP contribution in [0.1, 0.15) is 107 Å². The first-order valence-electron chi connectivity index (χ1n) is 16.1. The van der Waals surface area contributed by atoms with Crippen molar-refractivity contribution in [1.82, 2.24) is 19.9 Å². The molecule has 2 fully saturated rings. The van der Waals surface area contributed by atoms with Crippen LogP contribution in [0.25, 0.3) is 20.4 Å². The average Bonchev–Trinajstić information content (AvgIpc) is 3.44. The number of hydrogen-bond donors (Lipinski definition) is 1. The SMILES string of the molecule is C.Cc1sc2ncnc(OC3CCC(CC(=O)OC(C)(C)C)CC3)c2c1C.Cc1sc2ncnc(OC3CCC(N)CC3)c2c1C.Cl. The Kier molecular flexibility index (Phi) is 13.8. The van der Waals surface area contributed by atoms with Crippen molar-refractivity contribution >= 4 is 61.5 Å². The van der Waals surface area contributed by atoms with Gasteiger partial charge in [-0.1, -0.05) is 7.43 Å². The molecule has 4 aromatic heterocycles. The maximum Gasteiger partial charge on any atom is 0.306 e. The number of halogens is 1. The molecule has 0 radical (unpaired) electrons. The first-order valence-corrected chi connectivity index (χ1v) is 17.7. The molecule has 2 aliphatic carbocycles. The molecule has 9 nitrogen and oxygen atoms in total. The lowest BCUT2D eigenvalue weighted by Crippen LogP contribution is -2.31. The van der Waals surface area contributed by atoms with E-state index in [2.05, 4.69) is 47.6 Å². The van der Waals surface area contributed by atoms with Crippen molar-refractivity contribution in [3.05, 3.63) is 33.5 Å². The second kappa shape index (κ2) is 16.7. The molecule has 12 heteroatoms. The lowest BCUT2D eigenvalue weighted by Gasteiger charge is -2.29. The zero-order valence-corrected chi connectivity index (χ0v) is 30.5.